The van der Waals surface area contributed by atoms with Gasteiger partial charge in [0.15, 0.2) is 0 Å². The summed E-state index contributed by atoms with van der Waals surface area (Å²) in [7, 11) is 0. The van der Waals surface area contributed by atoms with Crippen LogP contribution >= 0.6 is 0 Å². The second-order valence-corrected chi connectivity index (χ2v) is 15.1. The standard InChI is InChI=1S/C23H28N2O.C22H26N2O/c1-18-15-22(25(23(18)26)17-24-13-5-6-14-24)16-19-9-11-21(12-10-19)20-7-3-2-4-8-20;25-22-13-12-21(24(22)17-23-14-4-5-15-23)16-18-8-10-20(11-9-18)19-6-2-1-3-7-19/h2-4,7-12,18,22H,5-6,13-17H2,1H3;1-3,6-11,21H,4-5,12-17H2/t18?,22-;21-/m00/s1. The first kappa shape index (κ1) is 35.2. The van der Waals surface area contributed by atoms with E-state index in [2.05, 4.69) is 124 Å². The smallest absolute Gasteiger partial charge is 0.226 e. The van der Waals surface area contributed by atoms with Crippen molar-refractivity contribution >= 4 is 11.8 Å². The third kappa shape index (κ3) is 8.98. The second kappa shape index (κ2) is 16.8. The fourth-order valence-corrected chi connectivity index (χ4v) is 8.43. The molecule has 0 saturated carbocycles. The molecule has 4 aliphatic heterocycles. The summed E-state index contributed by atoms with van der Waals surface area (Å²) in [5.41, 5.74) is 7.65. The number of nitrogens with zero attached hydrogens (tertiary/aromatic N) is 4. The van der Waals surface area contributed by atoms with Crippen LogP contribution in [-0.2, 0) is 22.4 Å². The largest absolute Gasteiger partial charge is 0.326 e. The lowest BCUT2D eigenvalue weighted by atomic mass is 9.98. The van der Waals surface area contributed by atoms with Crippen molar-refractivity contribution in [2.45, 2.75) is 76.8 Å². The number of carbonyl (C=O) groups excluding carboxylic acids is 2. The van der Waals surface area contributed by atoms with Crippen LogP contribution in [0, 0.1) is 5.92 Å². The molecule has 4 fully saturated rings. The quantitative estimate of drug-likeness (QED) is 0.170. The zero-order valence-electron chi connectivity index (χ0n) is 30.3. The molecule has 0 spiro atoms. The first-order valence-corrected chi connectivity index (χ1v) is 19.3. The lowest BCUT2D eigenvalue weighted by molar-refractivity contribution is -0.133. The van der Waals surface area contributed by atoms with Crippen LogP contribution in [0.1, 0.15) is 63.0 Å². The van der Waals surface area contributed by atoms with Crippen LogP contribution in [0.3, 0.4) is 0 Å². The Balaban J connectivity index is 0.000000159. The van der Waals surface area contributed by atoms with Crippen LogP contribution in [0.5, 0.6) is 0 Å². The average Bonchev–Trinajstić information content (AvgIpc) is 4.00. The summed E-state index contributed by atoms with van der Waals surface area (Å²) in [5.74, 6) is 0.826. The van der Waals surface area contributed by atoms with Gasteiger partial charge in [0.2, 0.25) is 11.8 Å². The summed E-state index contributed by atoms with van der Waals surface area (Å²) in [6.45, 7) is 8.28. The van der Waals surface area contributed by atoms with Gasteiger partial charge < -0.3 is 9.80 Å². The third-order valence-electron chi connectivity index (χ3n) is 11.4. The molecule has 4 aliphatic rings. The number of likely N-dealkylation sites (tertiary alicyclic amines) is 4. The van der Waals surface area contributed by atoms with E-state index in [1.807, 2.05) is 12.1 Å². The van der Waals surface area contributed by atoms with Crippen molar-refractivity contribution in [3.05, 3.63) is 120 Å². The predicted octanol–water partition coefficient (Wildman–Crippen LogP) is 8.13. The Hall–Kier alpha value is -4.26. The van der Waals surface area contributed by atoms with Gasteiger partial charge in [-0.3, -0.25) is 19.4 Å². The van der Waals surface area contributed by atoms with E-state index >= 15 is 0 Å². The Morgan fingerprint density at radius 3 is 1.45 bits per heavy atom. The maximum absolute atomic E-state index is 12.6. The summed E-state index contributed by atoms with van der Waals surface area (Å²) in [4.78, 5) is 34.1. The molecular weight excluding hydrogens is 629 g/mol. The van der Waals surface area contributed by atoms with Crippen LogP contribution < -0.4 is 0 Å². The Bertz CT molecular complexity index is 1700. The monoisotopic (exact) mass is 682 g/mol. The molecule has 8 rings (SSSR count). The highest BCUT2D eigenvalue weighted by Gasteiger charge is 2.38. The summed E-state index contributed by atoms with van der Waals surface area (Å²) >= 11 is 0. The molecule has 4 aromatic carbocycles. The number of carbonyl (C=O) groups is 2. The maximum atomic E-state index is 12.6. The van der Waals surface area contributed by atoms with Crippen molar-refractivity contribution in [3.8, 4) is 22.3 Å². The van der Waals surface area contributed by atoms with Gasteiger partial charge in [0.25, 0.3) is 0 Å². The predicted molar refractivity (Wildman–Crippen MR) is 207 cm³/mol. The highest BCUT2D eigenvalue weighted by Crippen LogP contribution is 2.29. The van der Waals surface area contributed by atoms with E-state index in [0.717, 1.165) is 65.2 Å². The van der Waals surface area contributed by atoms with Crippen molar-refractivity contribution < 1.29 is 9.59 Å². The molecule has 3 atom stereocenters. The molecule has 4 heterocycles. The Kier molecular flexibility index (Phi) is 11.6. The summed E-state index contributed by atoms with van der Waals surface area (Å²) < 4.78 is 0. The minimum absolute atomic E-state index is 0.159. The van der Waals surface area contributed by atoms with Crippen LogP contribution in [0.15, 0.2) is 109 Å². The van der Waals surface area contributed by atoms with E-state index in [1.54, 1.807) is 0 Å². The topological polar surface area (TPSA) is 47.1 Å². The molecule has 0 N–H and O–H groups in total. The van der Waals surface area contributed by atoms with Crippen LogP contribution in [-0.4, -0.2) is 83.0 Å². The molecule has 51 heavy (non-hydrogen) atoms. The number of rotatable bonds is 10. The molecule has 0 radical (unpaired) electrons. The van der Waals surface area contributed by atoms with Gasteiger partial charge in [-0.1, -0.05) is 116 Å². The minimum atomic E-state index is 0.159. The molecule has 0 aromatic heterocycles. The van der Waals surface area contributed by atoms with Crippen LogP contribution in [0.25, 0.3) is 22.3 Å². The van der Waals surface area contributed by atoms with Gasteiger partial charge in [-0.2, -0.15) is 0 Å². The van der Waals surface area contributed by atoms with Crippen molar-refractivity contribution in [1.82, 2.24) is 19.6 Å². The summed E-state index contributed by atoms with van der Waals surface area (Å²) in [6.07, 6.45) is 9.68. The van der Waals surface area contributed by atoms with E-state index in [0.29, 0.717) is 30.3 Å². The molecule has 4 saturated heterocycles. The van der Waals surface area contributed by atoms with E-state index in [1.165, 1.54) is 59.1 Å². The summed E-state index contributed by atoms with van der Waals surface area (Å²) in [6, 6.07) is 39.4. The van der Waals surface area contributed by atoms with E-state index in [4.69, 9.17) is 0 Å². The van der Waals surface area contributed by atoms with Gasteiger partial charge in [0.1, 0.15) is 0 Å². The van der Waals surface area contributed by atoms with E-state index in [9.17, 15) is 9.59 Å². The normalized spacial score (nSPS) is 22.5. The number of amides is 2. The maximum Gasteiger partial charge on any atom is 0.226 e. The molecule has 4 aromatic rings. The van der Waals surface area contributed by atoms with E-state index in [-0.39, 0.29) is 5.92 Å². The van der Waals surface area contributed by atoms with Gasteiger partial charge in [-0.25, -0.2) is 0 Å². The molecule has 0 aliphatic carbocycles. The molecule has 266 valence electrons. The fraction of sp³-hybridized carbons (Fsp3) is 0.422. The fourth-order valence-electron chi connectivity index (χ4n) is 8.43. The number of hydrogen-bond acceptors (Lipinski definition) is 4. The highest BCUT2D eigenvalue weighted by molar-refractivity contribution is 5.81. The Labute approximate surface area is 305 Å². The van der Waals surface area contributed by atoms with Crippen molar-refractivity contribution in [2.24, 2.45) is 5.92 Å². The van der Waals surface area contributed by atoms with Gasteiger partial charge in [-0.05, 0) is 111 Å². The van der Waals surface area contributed by atoms with Crippen molar-refractivity contribution in [1.29, 1.82) is 0 Å². The van der Waals surface area contributed by atoms with Gasteiger partial charge in [-0.15, -0.1) is 0 Å². The lowest BCUT2D eigenvalue weighted by Gasteiger charge is -2.29. The molecular formula is C45H54N4O2. The third-order valence-corrected chi connectivity index (χ3v) is 11.4. The van der Waals surface area contributed by atoms with Gasteiger partial charge in [0, 0.05) is 24.4 Å². The van der Waals surface area contributed by atoms with Crippen molar-refractivity contribution in [2.75, 3.05) is 39.5 Å². The van der Waals surface area contributed by atoms with Crippen molar-refractivity contribution in [3.63, 3.8) is 0 Å². The highest BCUT2D eigenvalue weighted by atomic mass is 16.2. The Morgan fingerprint density at radius 2 is 0.961 bits per heavy atom. The van der Waals surface area contributed by atoms with Crippen LogP contribution in [0.4, 0.5) is 0 Å². The molecule has 0 bridgehead atoms. The number of benzene rings is 4. The minimum Gasteiger partial charge on any atom is -0.326 e. The second-order valence-electron chi connectivity index (χ2n) is 15.1. The molecule has 6 nitrogen and oxygen atoms in total. The van der Waals surface area contributed by atoms with E-state index < -0.39 is 0 Å². The SMILES string of the molecule is CC1C[C@@H](Cc2ccc(-c3ccccc3)cc2)N(CN2CCCC2)C1=O.O=C1CC[C@@H](Cc2ccc(-c3ccccc3)cc2)N1CN1CCCC1. The number of hydrogen-bond donors (Lipinski definition) is 0. The van der Waals surface area contributed by atoms with Gasteiger partial charge in [0.05, 0.1) is 13.3 Å². The Morgan fingerprint density at radius 1 is 0.529 bits per heavy atom. The first-order valence-electron chi connectivity index (χ1n) is 19.3. The molecule has 1 unspecified atom stereocenters. The first-order chi connectivity index (χ1) is 25.0. The zero-order valence-corrected chi connectivity index (χ0v) is 30.3. The summed E-state index contributed by atoms with van der Waals surface area (Å²) in [5, 5.41) is 0. The molecule has 6 heteroatoms. The molecule has 2 amide bonds. The van der Waals surface area contributed by atoms with Gasteiger partial charge >= 0.3 is 0 Å². The lowest BCUT2D eigenvalue weighted by Crippen LogP contribution is -2.43. The zero-order chi connectivity index (χ0) is 35.0. The van der Waals surface area contributed by atoms with Crippen LogP contribution in [0.2, 0.25) is 0 Å². The average molecular weight is 683 g/mol.